The van der Waals surface area contributed by atoms with Crippen molar-refractivity contribution in [3.63, 3.8) is 0 Å². The second-order valence-corrected chi connectivity index (χ2v) is 7.76. The van der Waals surface area contributed by atoms with E-state index in [0.29, 0.717) is 19.0 Å². The molecule has 1 N–H and O–H groups in total. The maximum absolute atomic E-state index is 12.5. The number of likely N-dealkylation sites (tertiary alicyclic amines) is 1. The molecule has 2 aliphatic heterocycles. The van der Waals surface area contributed by atoms with Gasteiger partial charge in [-0.2, -0.15) is 0 Å². The maximum Gasteiger partial charge on any atom is 0.234 e. The normalized spacial score (nSPS) is 20.7. The van der Waals surface area contributed by atoms with E-state index in [9.17, 15) is 4.79 Å². The molecule has 0 saturated carbocycles. The Balaban J connectivity index is 1.29. The van der Waals surface area contributed by atoms with Crippen molar-refractivity contribution < 1.29 is 4.79 Å². The standard InChI is InChI=1S/C21H29N5O/c27-21(22-14-20-24-23-19-11-5-2-6-13-26(19)20)16-25-12-7-10-18(15-25)17-8-3-1-4-9-17/h1,3-4,8-9,18H,2,5-7,10-16H2,(H,22,27)/t18-/m0/s1. The zero-order chi connectivity index (χ0) is 18.5. The van der Waals surface area contributed by atoms with E-state index in [1.54, 1.807) is 0 Å². The van der Waals surface area contributed by atoms with Crippen molar-refractivity contribution in [3.8, 4) is 0 Å². The maximum atomic E-state index is 12.5. The molecule has 4 rings (SSSR count). The van der Waals surface area contributed by atoms with E-state index in [0.717, 1.165) is 44.1 Å². The quantitative estimate of drug-likeness (QED) is 0.882. The number of piperidine rings is 1. The van der Waals surface area contributed by atoms with Gasteiger partial charge < -0.3 is 9.88 Å². The third-order valence-corrected chi connectivity index (χ3v) is 5.77. The highest BCUT2D eigenvalue weighted by Gasteiger charge is 2.23. The van der Waals surface area contributed by atoms with Crippen LogP contribution < -0.4 is 5.32 Å². The van der Waals surface area contributed by atoms with E-state index in [1.165, 1.54) is 31.2 Å². The molecule has 0 spiro atoms. The summed E-state index contributed by atoms with van der Waals surface area (Å²) in [6.45, 7) is 3.86. The molecule has 0 unspecified atom stereocenters. The molecule has 3 heterocycles. The van der Waals surface area contributed by atoms with E-state index in [1.807, 2.05) is 0 Å². The molecule has 6 heteroatoms. The number of benzene rings is 1. The van der Waals surface area contributed by atoms with Gasteiger partial charge in [0.1, 0.15) is 5.82 Å². The van der Waals surface area contributed by atoms with Crippen LogP contribution in [0.15, 0.2) is 30.3 Å². The topological polar surface area (TPSA) is 63.1 Å². The molecule has 0 radical (unpaired) electrons. The molecule has 6 nitrogen and oxygen atoms in total. The molecule has 1 fully saturated rings. The number of nitrogens with one attached hydrogen (secondary N) is 1. The van der Waals surface area contributed by atoms with E-state index in [2.05, 4.69) is 55.3 Å². The molecule has 0 bridgehead atoms. The molecule has 1 aromatic carbocycles. The van der Waals surface area contributed by atoms with Crippen molar-refractivity contribution in [3.05, 3.63) is 47.5 Å². The molecule has 144 valence electrons. The van der Waals surface area contributed by atoms with Crippen molar-refractivity contribution in [2.75, 3.05) is 19.6 Å². The largest absolute Gasteiger partial charge is 0.348 e. The van der Waals surface area contributed by atoms with Crippen LogP contribution in [0.3, 0.4) is 0 Å². The first-order valence-electron chi connectivity index (χ1n) is 10.2. The van der Waals surface area contributed by atoms with Crippen LogP contribution in [0.2, 0.25) is 0 Å². The smallest absolute Gasteiger partial charge is 0.234 e. The summed E-state index contributed by atoms with van der Waals surface area (Å²) in [5.74, 6) is 2.56. The van der Waals surface area contributed by atoms with Gasteiger partial charge in [-0.05, 0) is 43.7 Å². The zero-order valence-corrected chi connectivity index (χ0v) is 15.9. The van der Waals surface area contributed by atoms with Crippen molar-refractivity contribution in [2.24, 2.45) is 0 Å². The molecule has 0 aliphatic carbocycles. The first kappa shape index (κ1) is 18.2. The summed E-state index contributed by atoms with van der Waals surface area (Å²) in [5, 5.41) is 11.7. The van der Waals surface area contributed by atoms with Crippen LogP contribution >= 0.6 is 0 Å². The van der Waals surface area contributed by atoms with Gasteiger partial charge in [-0.15, -0.1) is 10.2 Å². The minimum atomic E-state index is 0.0784. The number of nitrogens with zero attached hydrogens (tertiary/aromatic N) is 4. The monoisotopic (exact) mass is 367 g/mol. The molecule has 2 aliphatic rings. The van der Waals surface area contributed by atoms with E-state index in [-0.39, 0.29) is 5.91 Å². The lowest BCUT2D eigenvalue weighted by atomic mass is 9.91. The summed E-state index contributed by atoms with van der Waals surface area (Å²) < 4.78 is 2.19. The third kappa shape index (κ3) is 4.56. The lowest BCUT2D eigenvalue weighted by Gasteiger charge is -2.32. The van der Waals surface area contributed by atoms with Crippen LogP contribution in [0.1, 0.15) is 55.2 Å². The molecule has 1 aromatic heterocycles. The molecule has 1 amide bonds. The van der Waals surface area contributed by atoms with E-state index >= 15 is 0 Å². The molecule has 1 atom stereocenters. The highest BCUT2D eigenvalue weighted by atomic mass is 16.2. The van der Waals surface area contributed by atoms with Crippen molar-refractivity contribution >= 4 is 5.91 Å². The molecule has 27 heavy (non-hydrogen) atoms. The van der Waals surface area contributed by atoms with Gasteiger partial charge in [-0.3, -0.25) is 9.69 Å². The molecular formula is C21H29N5O. The predicted octanol–water partition coefficient (Wildman–Crippen LogP) is 2.50. The predicted molar refractivity (Wildman–Crippen MR) is 104 cm³/mol. The summed E-state index contributed by atoms with van der Waals surface area (Å²) in [7, 11) is 0. The van der Waals surface area contributed by atoms with Gasteiger partial charge in [0.05, 0.1) is 13.1 Å². The first-order valence-corrected chi connectivity index (χ1v) is 10.2. The van der Waals surface area contributed by atoms with Crippen molar-refractivity contribution in [2.45, 2.75) is 57.5 Å². The van der Waals surface area contributed by atoms with Gasteiger partial charge in [0.25, 0.3) is 0 Å². The number of hydrogen-bond donors (Lipinski definition) is 1. The molecular weight excluding hydrogens is 338 g/mol. The zero-order valence-electron chi connectivity index (χ0n) is 15.9. The Bertz CT molecular complexity index is 757. The summed E-state index contributed by atoms with van der Waals surface area (Å²) in [6.07, 6.45) is 6.93. The summed E-state index contributed by atoms with van der Waals surface area (Å²) in [4.78, 5) is 14.8. The Morgan fingerprint density at radius 1 is 1.07 bits per heavy atom. The first-order chi connectivity index (χ1) is 13.3. The number of fused-ring (bicyclic) bond motifs is 1. The average molecular weight is 367 g/mol. The fourth-order valence-electron chi connectivity index (χ4n) is 4.31. The van der Waals surface area contributed by atoms with Gasteiger partial charge in [0, 0.05) is 19.5 Å². The number of aromatic nitrogens is 3. The lowest BCUT2D eigenvalue weighted by Crippen LogP contribution is -2.42. The van der Waals surface area contributed by atoms with Gasteiger partial charge in [0.2, 0.25) is 5.91 Å². The fraction of sp³-hybridized carbons (Fsp3) is 0.571. The van der Waals surface area contributed by atoms with E-state index in [4.69, 9.17) is 0 Å². The fourth-order valence-corrected chi connectivity index (χ4v) is 4.31. The Morgan fingerprint density at radius 2 is 1.96 bits per heavy atom. The summed E-state index contributed by atoms with van der Waals surface area (Å²) in [5.41, 5.74) is 1.38. The average Bonchev–Trinajstić information content (AvgIpc) is 2.93. The highest BCUT2D eigenvalue weighted by molar-refractivity contribution is 5.77. The van der Waals surface area contributed by atoms with E-state index < -0.39 is 0 Å². The Kier molecular flexibility index (Phi) is 5.82. The van der Waals surface area contributed by atoms with Crippen LogP contribution in [0.5, 0.6) is 0 Å². The third-order valence-electron chi connectivity index (χ3n) is 5.77. The van der Waals surface area contributed by atoms with Crippen LogP contribution in [0.25, 0.3) is 0 Å². The summed E-state index contributed by atoms with van der Waals surface area (Å²) in [6, 6.07) is 10.7. The minimum Gasteiger partial charge on any atom is -0.348 e. The Hall–Kier alpha value is -2.21. The molecule has 2 aromatic rings. The van der Waals surface area contributed by atoms with Crippen LogP contribution in [-0.2, 0) is 24.3 Å². The number of carbonyl (C=O) groups is 1. The van der Waals surface area contributed by atoms with Crippen LogP contribution in [0, 0.1) is 0 Å². The second kappa shape index (κ2) is 8.65. The van der Waals surface area contributed by atoms with Gasteiger partial charge in [-0.1, -0.05) is 36.8 Å². The highest BCUT2D eigenvalue weighted by Crippen LogP contribution is 2.26. The van der Waals surface area contributed by atoms with Crippen LogP contribution in [-0.4, -0.2) is 45.2 Å². The molecule has 1 saturated heterocycles. The lowest BCUT2D eigenvalue weighted by molar-refractivity contribution is -0.122. The minimum absolute atomic E-state index is 0.0784. The second-order valence-electron chi connectivity index (χ2n) is 7.76. The number of rotatable bonds is 5. The summed E-state index contributed by atoms with van der Waals surface area (Å²) >= 11 is 0. The Labute approximate surface area is 161 Å². The van der Waals surface area contributed by atoms with Crippen LogP contribution in [0.4, 0.5) is 0 Å². The number of carbonyl (C=O) groups excluding carboxylic acids is 1. The van der Waals surface area contributed by atoms with Gasteiger partial charge in [0.15, 0.2) is 5.82 Å². The van der Waals surface area contributed by atoms with Gasteiger partial charge in [-0.25, -0.2) is 0 Å². The SMILES string of the molecule is O=C(CN1CCC[C@H](c2ccccc2)C1)NCc1nnc2n1CCCCC2. The number of aryl methyl sites for hydroxylation is 1. The van der Waals surface area contributed by atoms with Gasteiger partial charge >= 0.3 is 0 Å². The van der Waals surface area contributed by atoms with Crippen molar-refractivity contribution in [1.82, 2.24) is 25.0 Å². The number of amides is 1. The number of hydrogen-bond acceptors (Lipinski definition) is 4. The van der Waals surface area contributed by atoms with Crippen molar-refractivity contribution in [1.29, 1.82) is 0 Å². The Morgan fingerprint density at radius 3 is 2.85 bits per heavy atom.